The van der Waals surface area contributed by atoms with Gasteiger partial charge in [-0.05, 0) is 48.5 Å². The Morgan fingerprint density at radius 2 is 1.18 bits per heavy atom. The minimum absolute atomic E-state index is 0.0953. The van der Waals surface area contributed by atoms with E-state index in [-0.39, 0.29) is 23.6 Å². The van der Waals surface area contributed by atoms with Gasteiger partial charge < -0.3 is 18.8 Å². The van der Waals surface area contributed by atoms with Gasteiger partial charge in [-0.25, -0.2) is 0 Å². The highest BCUT2D eigenvalue weighted by Gasteiger charge is 2.39. The van der Waals surface area contributed by atoms with Gasteiger partial charge in [0.05, 0.1) is 6.04 Å². The highest BCUT2D eigenvalue weighted by Crippen LogP contribution is 2.35. The zero-order valence-electron chi connectivity index (χ0n) is 19.3. The Kier molecular flexibility index (Phi) is 6.07. The Hall–Kier alpha value is -4.43. The number of anilines is 2. The summed E-state index contributed by atoms with van der Waals surface area (Å²) in [6.45, 7) is 2.28. The van der Waals surface area contributed by atoms with E-state index in [1.807, 2.05) is 4.90 Å². The lowest BCUT2D eigenvalue weighted by atomic mass is 10.0. The van der Waals surface area contributed by atoms with E-state index in [9.17, 15) is 31.1 Å². The molecule has 3 heterocycles. The number of hydrogen-bond acceptors (Lipinski definition) is 8. The van der Waals surface area contributed by atoms with Crippen molar-refractivity contribution in [2.24, 2.45) is 0 Å². The third kappa shape index (κ3) is 4.90. The molecule has 2 aromatic carbocycles. The fourth-order valence-corrected chi connectivity index (χ4v) is 3.90. The summed E-state index contributed by atoms with van der Waals surface area (Å²) < 4.78 is 85.3. The number of benzene rings is 2. The Labute approximate surface area is 209 Å². The minimum atomic E-state index is -4.77. The van der Waals surface area contributed by atoms with Gasteiger partial charge in [0.25, 0.3) is 0 Å². The summed E-state index contributed by atoms with van der Waals surface area (Å²) in [5.74, 6) is -3.47. The summed E-state index contributed by atoms with van der Waals surface area (Å²) in [6, 6.07) is 12.6. The van der Waals surface area contributed by atoms with E-state index in [4.69, 9.17) is 0 Å². The molecule has 0 saturated carbocycles. The van der Waals surface area contributed by atoms with Crippen LogP contribution in [0, 0.1) is 0 Å². The summed E-state index contributed by atoms with van der Waals surface area (Å²) in [5, 5.41) is 6.76. The van der Waals surface area contributed by atoms with Crippen molar-refractivity contribution in [3.63, 3.8) is 0 Å². The first-order valence-electron chi connectivity index (χ1n) is 11.0. The van der Waals surface area contributed by atoms with Gasteiger partial charge in [0.15, 0.2) is 0 Å². The molecule has 38 heavy (non-hydrogen) atoms. The van der Waals surface area contributed by atoms with E-state index in [1.165, 1.54) is 31.2 Å². The van der Waals surface area contributed by atoms with Crippen LogP contribution in [0.4, 0.5) is 37.7 Å². The molecule has 4 aromatic rings. The zero-order valence-corrected chi connectivity index (χ0v) is 19.3. The van der Waals surface area contributed by atoms with E-state index in [0.29, 0.717) is 35.6 Å². The van der Waals surface area contributed by atoms with Crippen LogP contribution < -0.4 is 4.90 Å². The number of rotatable bonds is 5. The Morgan fingerprint density at radius 3 is 1.50 bits per heavy atom. The Bertz CT molecular complexity index is 1340. The van der Waals surface area contributed by atoms with Crippen molar-refractivity contribution in [1.29, 1.82) is 0 Å². The van der Waals surface area contributed by atoms with Crippen molar-refractivity contribution >= 4 is 17.3 Å². The first-order valence-corrected chi connectivity index (χ1v) is 11.0. The van der Waals surface area contributed by atoms with E-state index in [1.54, 1.807) is 29.2 Å². The van der Waals surface area contributed by atoms with E-state index in [0.717, 1.165) is 0 Å². The molecule has 0 radical (unpaired) electrons. The molecule has 1 saturated heterocycles. The third-order valence-corrected chi connectivity index (χ3v) is 5.82. The number of nitrogens with zero attached hydrogens (tertiary/aromatic N) is 6. The summed E-state index contributed by atoms with van der Waals surface area (Å²) in [6.07, 6.45) is -9.53. The maximum atomic E-state index is 12.8. The highest BCUT2D eigenvalue weighted by molar-refractivity contribution is 5.76. The van der Waals surface area contributed by atoms with Crippen LogP contribution in [-0.4, -0.2) is 50.2 Å². The van der Waals surface area contributed by atoms with Crippen molar-refractivity contribution in [1.82, 2.24) is 25.2 Å². The summed E-state index contributed by atoms with van der Waals surface area (Å²) >= 11 is 0. The van der Waals surface area contributed by atoms with Gasteiger partial charge in [-0.1, -0.05) is 10.3 Å². The molecule has 1 amide bonds. The fraction of sp³-hybridized carbons (Fsp3) is 0.261. The first kappa shape index (κ1) is 25.2. The van der Waals surface area contributed by atoms with Gasteiger partial charge in [-0.3, -0.25) is 4.79 Å². The second-order valence-corrected chi connectivity index (χ2v) is 8.38. The maximum absolute atomic E-state index is 12.8. The molecular formula is C23H16F6N6O3. The van der Waals surface area contributed by atoms with Crippen LogP contribution in [0.1, 0.15) is 18.7 Å². The zero-order chi connectivity index (χ0) is 27.2. The molecule has 198 valence electrons. The predicted octanol–water partition coefficient (Wildman–Crippen LogP) is 5.19. The Morgan fingerprint density at radius 1 is 0.789 bits per heavy atom. The topological polar surface area (TPSA) is 101 Å². The van der Waals surface area contributed by atoms with Crippen LogP contribution in [0.5, 0.6) is 0 Å². The lowest BCUT2D eigenvalue weighted by molar-refractivity contribution is -0.160. The average Bonchev–Trinajstić information content (AvgIpc) is 3.51. The average molecular weight is 538 g/mol. The molecule has 0 bridgehead atoms. The first-order chi connectivity index (χ1) is 17.9. The predicted molar refractivity (Wildman–Crippen MR) is 118 cm³/mol. The van der Waals surface area contributed by atoms with Crippen LogP contribution in [0.2, 0.25) is 0 Å². The SMILES string of the molecule is CC(=O)N1CC(N(c2ccc(-c3noc(C(F)(F)F)n3)cc2)c2ccc(-c3noc(C(F)(F)F)n3)cc2)C1. The van der Waals surface area contributed by atoms with Crippen LogP contribution in [0.25, 0.3) is 22.8 Å². The molecule has 0 spiro atoms. The van der Waals surface area contributed by atoms with Crippen LogP contribution in [0.3, 0.4) is 0 Å². The van der Waals surface area contributed by atoms with Crippen LogP contribution in [-0.2, 0) is 17.1 Å². The largest absolute Gasteiger partial charge is 0.471 e. The maximum Gasteiger partial charge on any atom is 0.471 e. The van der Waals surface area contributed by atoms with E-state index < -0.39 is 24.1 Å². The van der Waals surface area contributed by atoms with Gasteiger partial charge in [0.1, 0.15) is 0 Å². The number of alkyl halides is 6. The molecule has 0 unspecified atom stereocenters. The molecule has 0 aliphatic carbocycles. The lowest BCUT2D eigenvalue weighted by Gasteiger charge is -2.46. The molecule has 15 heteroatoms. The van der Waals surface area contributed by atoms with E-state index >= 15 is 0 Å². The van der Waals surface area contributed by atoms with Gasteiger partial charge in [0.2, 0.25) is 17.6 Å². The van der Waals surface area contributed by atoms with Gasteiger partial charge in [-0.2, -0.15) is 36.3 Å². The second kappa shape index (κ2) is 9.15. The molecule has 0 atom stereocenters. The van der Waals surface area contributed by atoms with Crippen molar-refractivity contribution < 1.29 is 40.2 Å². The molecule has 1 aliphatic rings. The van der Waals surface area contributed by atoms with Gasteiger partial charge in [0, 0.05) is 42.5 Å². The quantitative estimate of drug-likeness (QED) is 0.320. The summed E-state index contributed by atoms with van der Waals surface area (Å²) in [4.78, 5) is 22.0. The van der Waals surface area contributed by atoms with Crippen LogP contribution in [0.15, 0.2) is 57.6 Å². The summed E-state index contributed by atoms with van der Waals surface area (Å²) in [5.41, 5.74) is 1.88. The number of halogens is 6. The number of amides is 1. The molecular weight excluding hydrogens is 522 g/mol. The van der Waals surface area contributed by atoms with Gasteiger partial charge in [-0.15, -0.1) is 0 Å². The minimum Gasteiger partial charge on any atom is -0.339 e. The van der Waals surface area contributed by atoms with Crippen molar-refractivity contribution in [3.8, 4) is 22.8 Å². The van der Waals surface area contributed by atoms with Gasteiger partial charge >= 0.3 is 24.1 Å². The standard InChI is InChI=1S/C23H16F6N6O3/c1-12(36)34-10-17(11-34)35(15-6-2-13(3-7-15)18-30-20(37-32-18)22(24,25)26)16-8-4-14(5-9-16)19-31-21(38-33-19)23(27,28)29/h2-9,17H,10-11H2,1H3. The number of carbonyl (C=O) groups excluding carboxylic acids is 1. The molecule has 2 aromatic heterocycles. The van der Waals surface area contributed by atoms with Crippen molar-refractivity contribution in [2.75, 3.05) is 18.0 Å². The molecule has 1 fully saturated rings. The number of aromatic nitrogens is 4. The molecule has 9 nitrogen and oxygen atoms in total. The normalized spacial score (nSPS) is 14.4. The number of carbonyl (C=O) groups is 1. The monoisotopic (exact) mass is 538 g/mol. The highest BCUT2D eigenvalue weighted by atomic mass is 19.4. The smallest absolute Gasteiger partial charge is 0.339 e. The fourth-order valence-electron chi connectivity index (χ4n) is 3.90. The van der Waals surface area contributed by atoms with Crippen molar-refractivity contribution in [2.45, 2.75) is 25.3 Å². The molecule has 0 N–H and O–H groups in total. The number of hydrogen-bond donors (Lipinski definition) is 0. The summed E-state index contributed by atoms with van der Waals surface area (Å²) in [7, 11) is 0. The third-order valence-electron chi connectivity index (χ3n) is 5.82. The molecule has 1 aliphatic heterocycles. The molecule has 5 rings (SSSR count). The van der Waals surface area contributed by atoms with E-state index in [2.05, 4.69) is 29.3 Å². The Balaban J connectivity index is 1.42. The lowest BCUT2D eigenvalue weighted by Crippen LogP contribution is -2.59. The number of likely N-dealkylation sites (tertiary alicyclic amines) is 1. The van der Waals surface area contributed by atoms with Crippen molar-refractivity contribution in [3.05, 3.63) is 60.3 Å². The van der Waals surface area contributed by atoms with Crippen LogP contribution >= 0.6 is 0 Å². The second-order valence-electron chi connectivity index (χ2n) is 8.38.